The largest absolute Gasteiger partial charge is 0.465 e. The van der Waals surface area contributed by atoms with E-state index in [1.807, 2.05) is 42.5 Å². The van der Waals surface area contributed by atoms with Gasteiger partial charge in [-0.05, 0) is 42.4 Å². The predicted molar refractivity (Wildman–Crippen MR) is 138 cm³/mol. The van der Waals surface area contributed by atoms with Crippen molar-refractivity contribution in [3.8, 4) is 0 Å². The van der Waals surface area contributed by atoms with Gasteiger partial charge in [0.1, 0.15) is 0 Å². The number of esters is 1. The molecule has 1 heterocycles. The molecule has 0 aliphatic carbocycles. The summed E-state index contributed by atoms with van der Waals surface area (Å²) in [5.41, 5.74) is 5.83. The second-order valence-electron chi connectivity index (χ2n) is 8.37. The zero-order valence-electron chi connectivity index (χ0n) is 20.1. The van der Waals surface area contributed by atoms with Crippen LogP contribution in [0.15, 0.2) is 72.8 Å². The van der Waals surface area contributed by atoms with Crippen molar-refractivity contribution in [1.29, 1.82) is 0 Å². The number of nitrogens with one attached hydrogen (secondary N) is 2. The number of carbonyl (C=O) groups is 2. The van der Waals surface area contributed by atoms with E-state index in [0.717, 1.165) is 29.9 Å². The molecule has 35 heavy (non-hydrogen) atoms. The molecule has 180 valence electrons. The fraction of sp³-hybridized carbons (Fsp3) is 0.214. The monoisotopic (exact) mass is 471 g/mol. The molecule has 1 aliphatic heterocycles. The minimum atomic E-state index is -0.450. The van der Waals surface area contributed by atoms with Crippen LogP contribution in [0.1, 0.15) is 27.0 Å². The number of methoxy groups -OCH3 is 2. The van der Waals surface area contributed by atoms with Gasteiger partial charge in [0.15, 0.2) is 0 Å². The molecule has 0 aromatic heterocycles. The van der Waals surface area contributed by atoms with E-state index in [9.17, 15) is 9.59 Å². The summed E-state index contributed by atoms with van der Waals surface area (Å²) in [6, 6.07) is 23.0. The van der Waals surface area contributed by atoms with Crippen LogP contribution in [-0.2, 0) is 20.8 Å². The van der Waals surface area contributed by atoms with Crippen LogP contribution < -0.4 is 10.6 Å². The first-order valence-electron chi connectivity index (χ1n) is 11.4. The first-order chi connectivity index (χ1) is 17.0. The fourth-order valence-corrected chi connectivity index (χ4v) is 4.03. The van der Waals surface area contributed by atoms with Crippen molar-refractivity contribution >= 4 is 34.5 Å². The molecule has 0 saturated carbocycles. The van der Waals surface area contributed by atoms with Gasteiger partial charge >= 0.3 is 5.97 Å². The maximum Gasteiger partial charge on any atom is 0.337 e. The Kier molecular flexibility index (Phi) is 7.60. The van der Waals surface area contributed by atoms with Crippen LogP contribution in [-0.4, -0.2) is 51.2 Å². The summed E-state index contributed by atoms with van der Waals surface area (Å²) >= 11 is 0. The zero-order chi connectivity index (χ0) is 24.8. The van der Waals surface area contributed by atoms with Gasteiger partial charge in [0.2, 0.25) is 0 Å². The normalized spacial score (nSPS) is 13.9. The van der Waals surface area contributed by atoms with Gasteiger partial charge in [-0.2, -0.15) is 0 Å². The summed E-state index contributed by atoms with van der Waals surface area (Å²) in [4.78, 5) is 27.3. The molecule has 0 radical (unpaired) electrons. The van der Waals surface area contributed by atoms with E-state index in [2.05, 4.69) is 34.7 Å². The number of carbonyl (C=O) groups excluding carboxylic acids is 2. The Balaban J connectivity index is 1.67. The Hall–Kier alpha value is -3.94. The molecular weight excluding hydrogens is 442 g/mol. The lowest BCUT2D eigenvalue weighted by Crippen LogP contribution is -2.22. The molecule has 4 rings (SSSR count). The highest BCUT2D eigenvalue weighted by atomic mass is 16.5. The van der Waals surface area contributed by atoms with Crippen LogP contribution in [0.4, 0.5) is 11.4 Å². The standard InChI is InChI=1S/C28H29N3O4/c1-31(15-16-34-2)18-19-9-12-22(13-10-19)29-26(20-7-5-4-6-8-20)25-23-14-11-21(28(33)35-3)17-24(23)30-27(25)32/h4-14,17,29H,15-16,18H2,1-3H3,(H,30,32). The van der Waals surface area contributed by atoms with Gasteiger partial charge < -0.3 is 20.1 Å². The number of benzene rings is 3. The SMILES string of the molecule is COCCN(C)Cc1ccc(NC(=C2C(=O)Nc3cc(C(=O)OC)ccc32)c2ccccc2)cc1. The Morgan fingerprint density at radius 3 is 2.40 bits per heavy atom. The van der Waals surface area contributed by atoms with E-state index in [1.165, 1.54) is 12.7 Å². The Bertz CT molecular complexity index is 1240. The first-order valence-corrected chi connectivity index (χ1v) is 11.4. The number of hydrogen-bond donors (Lipinski definition) is 2. The molecule has 0 atom stereocenters. The Labute approximate surface area is 205 Å². The average Bonchev–Trinajstić information content (AvgIpc) is 3.21. The van der Waals surface area contributed by atoms with Crippen LogP contribution in [0, 0.1) is 0 Å². The van der Waals surface area contributed by atoms with Gasteiger partial charge in [0, 0.05) is 31.5 Å². The third-order valence-electron chi connectivity index (χ3n) is 5.85. The minimum absolute atomic E-state index is 0.232. The van der Waals surface area contributed by atoms with Crippen LogP contribution >= 0.6 is 0 Å². The van der Waals surface area contributed by atoms with Gasteiger partial charge in [-0.1, -0.05) is 48.5 Å². The number of ether oxygens (including phenoxy) is 2. The van der Waals surface area contributed by atoms with Crippen LogP contribution in [0.25, 0.3) is 11.3 Å². The summed E-state index contributed by atoms with van der Waals surface area (Å²) in [7, 11) is 5.10. The summed E-state index contributed by atoms with van der Waals surface area (Å²) in [5, 5.41) is 6.36. The van der Waals surface area contributed by atoms with Crippen LogP contribution in [0.5, 0.6) is 0 Å². The molecule has 2 N–H and O–H groups in total. The van der Waals surface area contributed by atoms with E-state index in [4.69, 9.17) is 9.47 Å². The van der Waals surface area contributed by atoms with E-state index < -0.39 is 5.97 Å². The summed E-state index contributed by atoms with van der Waals surface area (Å²) < 4.78 is 9.96. The maximum absolute atomic E-state index is 13.1. The molecule has 1 aliphatic rings. The molecule has 3 aromatic rings. The smallest absolute Gasteiger partial charge is 0.337 e. The number of hydrogen-bond acceptors (Lipinski definition) is 6. The maximum atomic E-state index is 13.1. The number of anilines is 2. The Morgan fingerprint density at radius 1 is 0.971 bits per heavy atom. The molecule has 0 unspecified atom stereocenters. The van der Waals surface area contributed by atoms with Crippen molar-refractivity contribution in [2.75, 3.05) is 45.1 Å². The van der Waals surface area contributed by atoms with Crippen LogP contribution in [0.3, 0.4) is 0 Å². The number of amides is 1. The van der Waals surface area contributed by atoms with Crippen molar-refractivity contribution in [3.63, 3.8) is 0 Å². The summed E-state index contributed by atoms with van der Waals surface area (Å²) in [6.07, 6.45) is 0. The third kappa shape index (κ3) is 5.59. The lowest BCUT2D eigenvalue weighted by atomic mass is 9.99. The molecule has 0 saturated heterocycles. The van der Waals surface area contributed by atoms with E-state index in [1.54, 1.807) is 25.3 Å². The fourth-order valence-electron chi connectivity index (χ4n) is 4.03. The predicted octanol–water partition coefficient (Wildman–Crippen LogP) is 4.48. The zero-order valence-corrected chi connectivity index (χ0v) is 20.1. The van der Waals surface area contributed by atoms with Crippen molar-refractivity contribution in [3.05, 3.63) is 95.1 Å². The molecule has 7 heteroatoms. The quantitative estimate of drug-likeness (QED) is 0.354. The van der Waals surface area contributed by atoms with Crippen molar-refractivity contribution < 1.29 is 19.1 Å². The van der Waals surface area contributed by atoms with Crippen molar-refractivity contribution in [1.82, 2.24) is 4.90 Å². The molecule has 3 aromatic carbocycles. The van der Waals surface area contributed by atoms with E-state index in [0.29, 0.717) is 29.1 Å². The molecule has 7 nitrogen and oxygen atoms in total. The first kappa shape index (κ1) is 24.2. The summed E-state index contributed by atoms with van der Waals surface area (Å²) in [5.74, 6) is -0.682. The van der Waals surface area contributed by atoms with E-state index >= 15 is 0 Å². The highest BCUT2D eigenvalue weighted by Gasteiger charge is 2.29. The molecule has 0 bridgehead atoms. The molecule has 0 spiro atoms. The lowest BCUT2D eigenvalue weighted by molar-refractivity contribution is -0.110. The van der Waals surface area contributed by atoms with Gasteiger partial charge in [-0.15, -0.1) is 0 Å². The topological polar surface area (TPSA) is 79.9 Å². The lowest BCUT2D eigenvalue weighted by Gasteiger charge is -2.17. The van der Waals surface area contributed by atoms with E-state index in [-0.39, 0.29) is 5.91 Å². The van der Waals surface area contributed by atoms with Crippen molar-refractivity contribution in [2.45, 2.75) is 6.54 Å². The van der Waals surface area contributed by atoms with Gasteiger partial charge in [-0.25, -0.2) is 4.79 Å². The molecule has 1 amide bonds. The number of fused-ring (bicyclic) bond motifs is 1. The third-order valence-corrected chi connectivity index (χ3v) is 5.85. The van der Waals surface area contributed by atoms with Crippen LogP contribution in [0.2, 0.25) is 0 Å². The highest BCUT2D eigenvalue weighted by Crippen LogP contribution is 2.38. The molecule has 0 fully saturated rings. The number of nitrogens with zero attached hydrogens (tertiary/aromatic N) is 1. The number of rotatable bonds is 9. The minimum Gasteiger partial charge on any atom is -0.465 e. The van der Waals surface area contributed by atoms with Crippen molar-refractivity contribution in [2.24, 2.45) is 0 Å². The Morgan fingerprint density at radius 2 is 1.71 bits per heavy atom. The highest BCUT2D eigenvalue weighted by molar-refractivity contribution is 6.37. The molecular formula is C28H29N3O4. The average molecular weight is 472 g/mol. The second kappa shape index (κ2) is 11.0. The second-order valence-corrected chi connectivity index (χ2v) is 8.37. The summed E-state index contributed by atoms with van der Waals surface area (Å²) in [6.45, 7) is 2.36. The number of likely N-dealkylation sites (N-methyl/N-ethyl adjacent to an activating group) is 1. The van der Waals surface area contributed by atoms with Gasteiger partial charge in [0.05, 0.1) is 36.2 Å². The van der Waals surface area contributed by atoms with Gasteiger partial charge in [-0.3, -0.25) is 9.69 Å². The van der Waals surface area contributed by atoms with Gasteiger partial charge in [0.25, 0.3) is 5.91 Å².